The Morgan fingerprint density at radius 2 is 1.67 bits per heavy atom. The van der Waals surface area contributed by atoms with E-state index in [9.17, 15) is 18.5 Å². The highest BCUT2D eigenvalue weighted by molar-refractivity contribution is 7.89. The maximum atomic E-state index is 12.9. The molecule has 0 aromatic heterocycles. The van der Waals surface area contributed by atoms with Crippen LogP contribution in [0.15, 0.2) is 23.1 Å². The standard InChI is InChI=1S/C18H28N4O4S/c1-14-10-15(2)13-20(12-14)17-5-4-16(11-18(17)22(23)24)27(25,26)21-8-6-19(3)7-9-21/h4-5,11,14-15H,6-10,12-13H2,1-3H3/t14-,15-/m0/s1. The maximum absolute atomic E-state index is 12.9. The number of hydrogen-bond acceptors (Lipinski definition) is 6. The molecule has 2 heterocycles. The Kier molecular flexibility index (Phi) is 5.73. The summed E-state index contributed by atoms with van der Waals surface area (Å²) in [4.78, 5) is 15.3. The van der Waals surface area contributed by atoms with Crippen LogP contribution < -0.4 is 4.90 Å². The van der Waals surface area contributed by atoms with Gasteiger partial charge in [0.25, 0.3) is 5.69 Å². The third kappa shape index (κ3) is 4.25. The number of nitrogens with zero attached hydrogens (tertiary/aromatic N) is 4. The number of nitro benzene ring substituents is 1. The smallest absolute Gasteiger partial charge is 0.293 e. The topological polar surface area (TPSA) is 87.0 Å². The Balaban J connectivity index is 1.93. The molecule has 0 bridgehead atoms. The number of nitro groups is 1. The van der Waals surface area contributed by atoms with Gasteiger partial charge in [-0.15, -0.1) is 0 Å². The zero-order valence-electron chi connectivity index (χ0n) is 16.2. The van der Waals surface area contributed by atoms with Crippen molar-refractivity contribution in [2.24, 2.45) is 11.8 Å². The third-order valence-electron chi connectivity index (χ3n) is 5.45. The Hall–Kier alpha value is -1.71. The minimum atomic E-state index is -3.73. The summed E-state index contributed by atoms with van der Waals surface area (Å²) in [6, 6.07) is 4.35. The summed E-state index contributed by atoms with van der Waals surface area (Å²) < 4.78 is 27.3. The van der Waals surface area contributed by atoms with Crippen molar-refractivity contribution in [1.29, 1.82) is 0 Å². The predicted molar refractivity (Wildman–Crippen MR) is 105 cm³/mol. The molecule has 9 heteroatoms. The highest BCUT2D eigenvalue weighted by Crippen LogP contribution is 2.35. The molecule has 0 saturated carbocycles. The van der Waals surface area contributed by atoms with Crippen LogP contribution in [0.4, 0.5) is 11.4 Å². The van der Waals surface area contributed by atoms with Crippen molar-refractivity contribution in [2.75, 3.05) is 51.2 Å². The molecule has 0 unspecified atom stereocenters. The average molecular weight is 397 g/mol. The van der Waals surface area contributed by atoms with Gasteiger partial charge in [0.2, 0.25) is 10.0 Å². The molecule has 0 spiro atoms. The van der Waals surface area contributed by atoms with Gasteiger partial charge in [0, 0.05) is 45.3 Å². The molecule has 1 aromatic carbocycles. The lowest BCUT2D eigenvalue weighted by Gasteiger charge is -2.36. The van der Waals surface area contributed by atoms with Gasteiger partial charge in [0.15, 0.2) is 0 Å². The Labute approximate surface area is 160 Å². The summed E-state index contributed by atoms with van der Waals surface area (Å²) in [5.41, 5.74) is 0.377. The summed E-state index contributed by atoms with van der Waals surface area (Å²) in [5.74, 6) is 0.893. The van der Waals surface area contributed by atoms with Crippen LogP contribution in [0.2, 0.25) is 0 Å². The van der Waals surface area contributed by atoms with Gasteiger partial charge in [0.1, 0.15) is 5.69 Å². The minimum absolute atomic E-state index is 0.000564. The summed E-state index contributed by atoms with van der Waals surface area (Å²) >= 11 is 0. The number of anilines is 1. The molecular weight excluding hydrogens is 368 g/mol. The quantitative estimate of drug-likeness (QED) is 0.572. The molecule has 3 rings (SSSR count). The molecule has 2 fully saturated rings. The average Bonchev–Trinajstić information content (AvgIpc) is 2.60. The van der Waals surface area contributed by atoms with Crippen molar-refractivity contribution >= 4 is 21.4 Å². The summed E-state index contributed by atoms with van der Waals surface area (Å²) in [6.07, 6.45) is 1.10. The Morgan fingerprint density at radius 1 is 1.07 bits per heavy atom. The fourth-order valence-corrected chi connectivity index (χ4v) is 5.56. The molecule has 27 heavy (non-hydrogen) atoms. The number of benzene rings is 1. The van der Waals surface area contributed by atoms with Crippen LogP contribution in [-0.4, -0.2) is 68.9 Å². The summed E-state index contributed by atoms with van der Waals surface area (Å²) in [6.45, 7) is 7.88. The Morgan fingerprint density at radius 3 is 2.22 bits per heavy atom. The van der Waals surface area contributed by atoms with Crippen molar-refractivity contribution < 1.29 is 13.3 Å². The molecule has 0 aliphatic carbocycles. The Bertz CT molecular complexity index is 796. The molecule has 0 amide bonds. The van der Waals surface area contributed by atoms with Gasteiger partial charge in [-0.05, 0) is 37.4 Å². The fourth-order valence-electron chi connectivity index (χ4n) is 4.11. The molecule has 150 valence electrons. The van der Waals surface area contributed by atoms with Crippen LogP contribution >= 0.6 is 0 Å². The second kappa shape index (κ2) is 7.73. The summed E-state index contributed by atoms with van der Waals surface area (Å²) in [5, 5.41) is 11.7. The minimum Gasteiger partial charge on any atom is -0.365 e. The normalized spacial score (nSPS) is 25.5. The van der Waals surface area contributed by atoms with E-state index in [1.165, 1.54) is 16.4 Å². The van der Waals surface area contributed by atoms with Crippen molar-refractivity contribution in [3.63, 3.8) is 0 Å². The second-order valence-corrected chi connectivity index (χ2v) is 9.90. The first-order chi connectivity index (χ1) is 12.7. The number of sulfonamides is 1. The molecule has 2 saturated heterocycles. The lowest BCUT2D eigenvalue weighted by atomic mass is 9.91. The third-order valence-corrected chi connectivity index (χ3v) is 7.35. The van der Waals surface area contributed by atoms with Gasteiger partial charge >= 0.3 is 0 Å². The first kappa shape index (κ1) is 20.0. The van der Waals surface area contributed by atoms with Gasteiger partial charge in [-0.3, -0.25) is 10.1 Å². The largest absolute Gasteiger partial charge is 0.365 e. The monoisotopic (exact) mass is 396 g/mol. The first-order valence-corrected chi connectivity index (χ1v) is 10.8. The van der Waals surface area contributed by atoms with Crippen LogP contribution in [0.25, 0.3) is 0 Å². The lowest BCUT2D eigenvalue weighted by Crippen LogP contribution is -2.47. The summed E-state index contributed by atoms with van der Waals surface area (Å²) in [7, 11) is -1.78. The van der Waals surface area contributed by atoms with Crippen molar-refractivity contribution in [2.45, 2.75) is 25.2 Å². The van der Waals surface area contributed by atoms with E-state index in [1.54, 1.807) is 6.07 Å². The van der Waals surface area contributed by atoms with E-state index in [-0.39, 0.29) is 10.6 Å². The van der Waals surface area contributed by atoms with E-state index in [1.807, 2.05) is 11.9 Å². The number of hydrogen-bond donors (Lipinski definition) is 0. The second-order valence-electron chi connectivity index (χ2n) is 7.97. The van der Waals surface area contributed by atoms with Crippen LogP contribution in [-0.2, 0) is 10.0 Å². The molecule has 0 radical (unpaired) electrons. The maximum Gasteiger partial charge on any atom is 0.293 e. The number of likely N-dealkylation sites (N-methyl/N-ethyl adjacent to an activating group) is 1. The fraction of sp³-hybridized carbons (Fsp3) is 0.667. The highest BCUT2D eigenvalue weighted by Gasteiger charge is 2.32. The van der Waals surface area contributed by atoms with Gasteiger partial charge in [-0.25, -0.2) is 8.42 Å². The molecule has 0 N–H and O–H groups in total. The van der Waals surface area contributed by atoms with E-state index in [0.29, 0.717) is 43.7 Å². The molecule has 2 aliphatic rings. The molecule has 2 aliphatic heterocycles. The van der Waals surface area contributed by atoms with Crippen LogP contribution in [0.1, 0.15) is 20.3 Å². The van der Waals surface area contributed by atoms with Gasteiger partial charge < -0.3 is 9.80 Å². The molecular formula is C18H28N4O4S. The van der Waals surface area contributed by atoms with Gasteiger partial charge in [0.05, 0.1) is 9.82 Å². The van der Waals surface area contributed by atoms with Crippen molar-refractivity contribution in [3.8, 4) is 0 Å². The van der Waals surface area contributed by atoms with E-state index < -0.39 is 14.9 Å². The van der Waals surface area contributed by atoms with Gasteiger partial charge in [-0.1, -0.05) is 13.8 Å². The number of rotatable bonds is 4. The first-order valence-electron chi connectivity index (χ1n) is 9.40. The van der Waals surface area contributed by atoms with Crippen LogP contribution in [0.5, 0.6) is 0 Å². The van der Waals surface area contributed by atoms with Gasteiger partial charge in [-0.2, -0.15) is 4.31 Å². The zero-order chi connectivity index (χ0) is 19.8. The van der Waals surface area contributed by atoms with Crippen LogP contribution in [0, 0.1) is 22.0 Å². The van der Waals surface area contributed by atoms with Crippen molar-refractivity contribution in [1.82, 2.24) is 9.21 Å². The molecule has 8 nitrogen and oxygen atoms in total. The van der Waals surface area contributed by atoms with E-state index in [2.05, 4.69) is 18.7 Å². The van der Waals surface area contributed by atoms with E-state index in [0.717, 1.165) is 19.5 Å². The molecule has 2 atom stereocenters. The van der Waals surface area contributed by atoms with E-state index >= 15 is 0 Å². The SMILES string of the molecule is C[C@H]1C[C@H](C)CN(c2ccc(S(=O)(=O)N3CCN(C)CC3)cc2[N+](=O)[O-])C1. The van der Waals surface area contributed by atoms with Crippen LogP contribution in [0.3, 0.4) is 0 Å². The zero-order valence-corrected chi connectivity index (χ0v) is 17.0. The number of piperidine rings is 1. The number of piperazine rings is 1. The van der Waals surface area contributed by atoms with Crippen molar-refractivity contribution in [3.05, 3.63) is 28.3 Å². The highest BCUT2D eigenvalue weighted by atomic mass is 32.2. The molecule has 1 aromatic rings. The predicted octanol–water partition coefficient (Wildman–Crippen LogP) is 2.01. The lowest BCUT2D eigenvalue weighted by molar-refractivity contribution is -0.384. The van der Waals surface area contributed by atoms with E-state index in [4.69, 9.17) is 0 Å².